The highest BCUT2D eigenvalue weighted by atomic mass is 16.2. The maximum Gasteiger partial charge on any atom is 0.325 e. The Labute approximate surface area is 205 Å². The summed E-state index contributed by atoms with van der Waals surface area (Å²) in [6.45, 7) is 3.23. The van der Waals surface area contributed by atoms with Gasteiger partial charge in [0.15, 0.2) is 0 Å². The van der Waals surface area contributed by atoms with E-state index >= 15 is 0 Å². The monoisotopic (exact) mass is 471 g/mol. The minimum Gasteiger partial charge on any atom is -0.340 e. The third-order valence-corrected chi connectivity index (χ3v) is 7.37. The largest absolute Gasteiger partial charge is 0.340 e. The molecule has 2 aromatic rings. The Kier molecular flexibility index (Phi) is 6.27. The molecule has 0 unspecified atom stereocenters. The molecule has 0 bridgehead atoms. The fourth-order valence-corrected chi connectivity index (χ4v) is 5.51. The predicted molar refractivity (Wildman–Crippen MR) is 129 cm³/mol. The number of benzene rings is 2. The fraction of sp³-hybridized carbons (Fsp3) is 0.407. The Hall–Kier alpha value is -3.70. The second-order valence-corrected chi connectivity index (χ2v) is 9.56. The molecule has 35 heavy (non-hydrogen) atoms. The van der Waals surface area contributed by atoms with Gasteiger partial charge >= 0.3 is 6.03 Å². The number of carbonyl (C=O) groups is 3. The van der Waals surface area contributed by atoms with Crippen LogP contribution in [0.1, 0.15) is 41.5 Å². The van der Waals surface area contributed by atoms with E-state index in [1.165, 1.54) is 0 Å². The number of hydrogen-bond donors (Lipinski definition) is 1. The summed E-state index contributed by atoms with van der Waals surface area (Å²) < 4.78 is 0. The minimum atomic E-state index is -1.05. The van der Waals surface area contributed by atoms with Crippen molar-refractivity contribution in [3.63, 3.8) is 0 Å². The van der Waals surface area contributed by atoms with Crippen LogP contribution in [0.2, 0.25) is 0 Å². The van der Waals surface area contributed by atoms with Gasteiger partial charge in [0.25, 0.3) is 5.91 Å². The van der Waals surface area contributed by atoms with Gasteiger partial charge in [-0.05, 0) is 54.5 Å². The number of fused-ring (bicyclic) bond motifs is 2. The van der Waals surface area contributed by atoms with E-state index in [1.54, 1.807) is 4.90 Å². The molecule has 0 radical (unpaired) electrons. The Balaban J connectivity index is 1.22. The van der Waals surface area contributed by atoms with Gasteiger partial charge in [-0.25, -0.2) is 4.79 Å². The number of hydrogen-bond acceptors (Lipinski definition) is 5. The fourth-order valence-electron chi connectivity index (χ4n) is 5.51. The summed E-state index contributed by atoms with van der Waals surface area (Å²) in [5.41, 5.74) is 2.65. The molecule has 2 saturated heterocycles. The van der Waals surface area contributed by atoms with Crippen molar-refractivity contribution in [2.45, 2.75) is 37.8 Å². The number of carbonyl (C=O) groups excluding carboxylic acids is 3. The van der Waals surface area contributed by atoms with Crippen molar-refractivity contribution in [1.29, 1.82) is 5.26 Å². The van der Waals surface area contributed by atoms with Crippen LogP contribution in [0.3, 0.4) is 0 Å². The summed E-state index contributed by atoms with van der Waals surface area (Å²) in [6.07, 6.45) is 3.06. The summed E-state index contributed by atoms with van der Waals surface area (Å²) in [5, 5.41) is 11.9. The lowest BCUT2D eigenvalue weighted by atomic mass is 9.76. The molecular weight excluding hydrogens is 442 g/mol. The molecule has 3 aliphatic rings. The first kappa shape index (κ1) is 23.1. The van der Waals surface area contributed by atoms with Crippen molar-refractivity contribution < 1.29 is 14.4 Å². The average Bonchev–Trinajstić information content (AvgIpc) is 3.02. The molecular formula is C27H29N5O3. The molecule has 1 aliphatic carbocycles. The van der Waals surface area contributed by atoms with Crippen LogP contribution >= 0.6 is 0 Å². The van der Waals surface area contributed by atoms with Crippen molar-refractivity contribution in [3.8, 4) is 6.07 Å². The average molecular weight is 472 g/mol. The summed E-state index contributed by atoms with van der Waals surface area (Å²) >= 11 is 0. The SMILES string of the molecule is N#Cc1ccc(CN2CCCN(C(=O)CN3C(=O)N[C@]4(CCCc5ccccc54)C3=O)CC2)cc1. The van der Waals surface area contributed by atoms with Crippen molar-refractivity contribution >= 4 is 17.8 Å². The van der Waals surface area contributed by atoms with E-state index in [1.807, 2.05) is 48.5 Å². The number of imide groups is 1. The highest BCUT2D eigenvalue weighted by Crippen LogP contribution is 2.39. The summed E-state index contributed by atoms with van der Waals surface area (Å²) in [4.78, 5) is 44.6. The molecule has 1 N–H and O–H groups in total. The van der Waals surface area contributed by atoms with E-state index in [9.17, 15) is 14.4 Å². The third-order valence-electron chi connectivity index (χ3n) is 7.37. The van der Waals surface area contributed by atoms with Gasteiger partial charge in [-0.1, -0.05) is 36.4 Å². The predicted octanol–water partition coefficient (Wildman–Crippen LogP) is 2.38. The van der Waals surface area contributed by atoms with Gasteiger partial charge in [0.1, 0.15) is 12.1 Å². The smallest absolute Gasteiger partial charge is 0.325 e. The summed E-state index contributed by atoms with van der Waals surface area (Å²) in [6, 6.07) is 17.0. The van der Waals surface area contributed by atoms with Crippen LogP contribution in [0.25, 0.3) is 0 Å². The first-order valence-corrected chi connectivity index (χ1v) is 12.2. The van der Waals surface area contributed by atoms with Crippen LogP contribution in [-0.2, 0) is 28.1 Å². The summed E-state index contributed by atoms with van der Waals surface area (Å²) in [7, 11) is 0. The first-order chi connectivity index (χ1) is 17.0. The number of urea groups is 1. The van der Waals surface area contributed by atoms with Crippen LogP contribution < -0.4 is 5.32 Å². The summed E-state index contributed by atoms with van der Waals surface area (Å²) in [5.74, 6) is -0.518. The van der Waals surface area contributed by atoms with Gasteiger partial charge in [-0.3, -0.25) is 19.4 Å². The maximum atomic E-state index is 13.5. The van der Waals surface area contributed by atoms with Crippen molar-refractivity contribution in [3.05, 3.63) is 70.8 Å². The van der Waals surface area contributed by atoms with Gasteiger partial charge < -0.3 is 10.2 Å². The molecule has 8 heteroatoms. The number of aryl methyl sites for hydroxylation is 1. The highest BCUT2D eigenvalue weighted by molar-refractivity contribution is 6.09. The van der Waals surface area contributed by atoms with Crippen molar-refractivity contribution in [2.24, 2.45) is 0 Å². The quantitative estimate of drug-likeness (QED) is 0.691. The van der Waals surface area contributed by atoms with Gasteiger partial charge in [0.2, 0.25) is 5.91 Å². The van der Waals surface area contributed by atoms with E-state index in [0.29, 0.717) is 31.6 Å². The lowest BCUT2D eigenvalue weighted by Crippen LogP contribution is -2.47. The number of nitrogens with one attached hydrogen (secondary N) is 1. The minimum absolute atomic E-state index is 0.199. The van der Waals surface area contributed by atoms with Crippen molar-refractivity contribution in [1.82, 2.24) is 20.0 Å². The van der Waals surface area contributed by atoms with Crippen molar-refractivity contribution in [2.75, 3.05) is 32.7 Å². The molecule has 1 spiro atoms. The zero-order chi connectivity index (χ0) is 24.4. The zero-order valence-electron chi connectivity index (χ0n) is 19.7. The molecule has 2 aliphatic heterocycles. The Morgan fingerprint density at radius 2 is 1.80 bits per heavy atom. The molecule has 1 atom stereocenters. The molecule has 2 aromatic carbocycles. The van der Waals surface area contributed by atoms with Crippen LogP contribution in [0, 0.1) is 11.3 Å². The Morgan fingerprint density at radius 3 is 2.60 bits per heavy atom. The Bertz CT molecular complexity index is 1190. The first-order valence-electron chi connectivity index (χ1n) is 12.2. The van der Waals surface area contributed by atoms with Gasteiger partial charge in [0, 0.05) is 32.7 Å². The lowest BCUT2D eigenvalue weighted by molar-refractivity contribution is -0.139. The Morgan fingerprint density at radius 1 is 1.00 bits per heavy atom. The van der Waals surface area contributed by atoms with E-state index in [4.69, 9.17) is 5.26 Å². The zero-order valence-corrected chi connectivity index (χ0v) is 19.7. The number of rotatable bonds is 4. The molecule has 180 valence electrons. The lowest BCUT2D eigenvalue weighted by Gasteiger charge is -2.33. The normalized spacial score (nSPS) is 22.5. The molecule has 0 saturated carbocycles. The van der Waals surface area contributed by atoms with Crippen LogP contribution in [0.5, 0.6) is 0 Å². The molecule has 2 heterocycles. The highest BCUT2D eigenvalue weighted by Gasteiger charge is 2.54. The van der Waals surface area contributed by atoms with Crippen LogP contribution in [-0.4, -0.2) is 65.3 Å². The van der Waals surface area contributed by atoms with Crippen LogP contribution in [0.15, 0.2) is 48.5 Å². The van der Waals surface area contributed by atoms with E-state index in [-0.39, 0.29) is 18.4 Å². The van der Waals surface area contributed by atoms with Gasteiger partial charge in [-0.15, -0.1) is 0 Å². The van der Waals surface area contributed by atoms with Gasteiger partial charge in [0.05, 0.1) is 11.6 Å². The number of nitrogens with zero attached hydrogens (tertiary/aromatic N) is 4. The maximum absolute atomic E-state index is 13.5. The second kappa shape index (κ2) is 9.51. The molecule has 8 nitrogen and oxygen atoms in total. The standard InChI is InChI=1S/C27H29N5O3/c28-17-20-8-10-21(11-9-20)18-30-13-4-14-31(16-15-30)24(33)19-32-25(34)27(29-26(32)35)12-3-6-22-5-1-2-7-23(22)27/h1-2,5,7-11H,3-4,6,12-16,18-19H2,(H,29,35)/t27-/m0/s1. The number of nitriles is 1. The van der Waals surface area contributed by atoms with E-state index in [2.05, 4.69) is 16.3 Å². The van der Waals surface area contributed by atoms with E-state index in [0.717, 1.165) is 53.9 Å². The molecule has 5 rings (SSSR count). The molecule has 0 aromatic heterocycles. The topological polar surface area (TPSA) is 96.8 Å². The molecule has 2 fully saturated rings. The second-order valence-electron chi connectivity index (χ2n) is 9.56. The van der Waals surface area contributed by atoms with Gasteiger partial charge in [-0.2, -0.15) is 5.26 Å². The third kappa shape index (κ3) is 4.40. The van der Waals surface area contributed by atoms with E-state index < -0.39 is 11.6 Å². The number of amides is 4. The molecule has 4 amide bonds. The van der Waals surface area contributed by atoms with Crippen LogP contribution in [0.4, 0.5) is 4.79 Å².